The molecule has 162 valence electrons. The normalized spacial score (nSPS) is 16.2. The molecule has 0 unspecified atom stereocenters. The van der Waals surface area contributed by atoms with E-state index in [4.69, 9.17) is 21.1 Å². The minimum Gasteiger partial charge on any atom is -0.481 e. The molecule has 0 radical (unpaired) electrons. The third-order valence-corrected chi connectivity index (χ3v) is 5.04. The fourth-order valence-electron chi connectivity index (χ4n) is 3.32. The van der Waals surface area contributed by atoms with Crippen LogP contribution in [0.1, 0.15) is 50.5 Å². The van der Waals surface area contributed by atoms with Gasteiger partial charge in [0, 0.05) is 6.54 Å². The summed E-state index contributed by atoms with van der Waals surface area (Å²) in [5.74, 6) is -2.51. The van der Waals surface area contributed by atoms with Gasteiger partial charge in [-0.15, -0.1) is 0 Å². The Balaban J connectivity index is 0.000000326. The van der Waals surface area contributed by atoms with Gasteiger partial charge >= 0.3 is 17.9 Å². The van der Waals surface area contributed by atoms with Crippen molar-refractivity contribution in [3.05, 3.63) is 35.9 Å². The van der Waals surface area contributed by atoms with E-state index in [9.17, 15) is 14.4 Å². The van der Waals surface area contributed by atoms with Crippen LogP contribution in [-0.2, 0) is 20.8 Å². The number of carboxylic acid groups (broad SMARTS) is 3. The van der Waals surface area contributed by atoms with Crippen molar-refractivity contribution in [3.8, 4) is 0 Å². The number of aryl methyl sites for hydroxylation is 1. The molecule has 1 saturated carbocycles. The van der Waals surface area contributed by atoms with Crippen molar-refractivity contribution in [1.82, 2.24) is 5.32 Å². The van der Waals surface area contributed by atoms with Gasteiger partial charge in [0.15, 0.2) is 0 Å². The number of nitrogens with one attached hydrogen (secondary N) is 1. The predicted molar refractivity (Wildman–Crippen MR) is 109 cm³/mol. The average Bonchev–Trinajstić information content (AvgIpc) is 2.71. The second-order valence-corrected chi connectivity index (χ2v) is 7.28. The molecule has 0 heterocycles. The molecule has 1 aliphatic carbocycles. The largest absolute Gasteiger partial charge is 0.481 e. The van der Waals surface area contributed by atoms with E-state index in [1.807, 2.05) is 30.3 Å². The lowest BCUT2D eigenvalue weighted by Gasteiger charge is -2.24. The molecule has 0 amide bonds. The van der Waals surface area contributed by atoms with Gasteiger partial charge in [0.05, 0.1) is 6.42 Å². The quantitative estimate of drug-likeness (QED) is 0.395. The highest BCUT2D eigenvalue weighted by molar-refractivity contribution is 5.74. The van der Waals surface area contributed by atoms with Crippen LogP contribution in [0.4, 0.5) is 0 Å². The lowest BCUT2D eigenvalue weighted by atomic mass is 9.84. The van der Waals surface area contributed by atoms with Crippen LogP contribution in [0.25, 0.3) is 0 Å². The van der Waals surface area contributed by atoms with E-state index in [0.717, 1.165) is 31.2 Å². The Hall–Kier alpha value is -2.45. The highest BCUT2D eigenvalue weighted by Gasteiger charge is 2.25. The highest BCUT2D eigenvalue weighted by Crippen LogP contribution is 2.25. The fraction of sp³-hybridized carbons (Fsp3) is 0.571. The second-order valence-electron chi connectivity index (χ2n) is 7.28. The Morgan fingerprint density at radius 3 is 2.14 bits per heavy atom. The van der Waals surface area contributed by atoms with E-state index in [0.29, 0.717) is 12.8 Å². The molecule has 0 aliphatic heterocycles. The van der Waals surface area contributed by atoms with Crippen LogP contribution in [0, 0.1) is 5.92 Å². The zero-order valence-corrected chi connectivity index (χ0v) is 16.6. The first-order chi connectivity index (χ1) is 13.8. The Morgan fingerprint density at radius 2 is 1.62 bits per heavy atom. The van der Waals surface area contributed by atoms with Gasteiger partial charge in [0.25, 0.3) is 0 Å². The van der Waals surface area contributed by atoms with E-state index in [2.05, 4.69) is 5.32 Å². The van der Waals surface area contributed by atoms with E-state index in [1.165, 1.54) is 6.42 Å². The van der Waals surface area contributed by atoms with Crippen LogP contribution < -0.4 is 11.1 Å². The molecule has 6 N–H and O–H groups in total. The van der Waals surface area contributed by atoms with Crippen molar-refractivity contribution in [1.29, 1.82) is 0 Å². The fourth-order valence-corrected chi connectivity index (χ4v) is 3.32. The van der Waals surface area contributed by atoms with E-state index < -0.39 is 30.0 Å². The van der Waals surface area contributed by atoms with Crippen LogP contribution in [0.2, 0.25) is 0 Å². The molecule has 0 bridgehead atoms. The molecule has 0 aromatic heterocycles. The number of hydrogen-bond donors (Lipinski definition) is 5. The molecule has 0 spiro atoms. The summed E-state index contributed by atoms with van der Waals surface area (Å²) in [6.45, 7) is 0.168. The molecule has 8 heteroatoms. The molecule has 1 fully saturated rings. The summed E-state index contributed by atoms with van der Waals surface area (Å²) < 4.78 is 0. The summed E-state index contributed by atoms with van der Waals surface area (Å²) in [5.41, 5.74) is 6.56. The minimum absolute atomic E-state index is 0.0743. The maximum absolute atomic E-state index is 11.0. The molecule has 29 heavy (non-hydrogen) atoms. The molecule has 2 rings (SSSR count). The average molecular weight is 408 g/mol. The molecule has 8 nitrogen and oxygen atoms in total. The zero-order chi connectivity index (χ0) is 21.6. The molecule has 1 aromatic carbocycles. The van der Waals surface area contributed by atoms with Gasteiger partial charge in [-0.3, -0.25) is 14.4 Å². The van der Waals surface area contributed by atoms with Crippen molar-refractivity contribution >= 4 is 17.9 Å². The zero-order valence-electron chi connectivity index (χ0n) is 16.6. The van der Waals surface area contributed by atoms with Crippen molar-refractivity contribution in [2.45, 2.75) is 63.5 Å². The Labute approximate surface area is 171 Å². The third kappa shape index (κ3) is 10.6. The van der Waals surface area contributed by atoms with Crippen LogP contribution >= 0.6 is 0 Å². The summed E-state index contributed by atoms with van der Waals surface area (Å²) in [4.78, 5) is 31.8. The van der Waals surface area contributed by atoms with Crippen molar-refractivity contribution in [2.75, 3.05) is 6.54 Å². The number of nitrogens with two attached hydrogens (primary N) is 1. The Bertz CT molecular complexity index is 631. The lowest BCUT2D eigenvalue weighted by Crippen LogP contribution is -2.38. The van der Waals surface area contributed by atoms with Gasteiger partial charge in [0.1, 0.15) is 12.1 Å². The first kappa shape index (κ1) is 24.6. The summed E-state index contributed by atoms with van der Waals surface area (Å²) in [5, 5.41) is 28.8. The van der Waals surface area contributed by atoms with Gasteiger partial charge in [-0.05, 0) is 37.2 Å². The van der Waals surface area contributed by atoms with Crippen molar-refractivity contribution < 1.29 is 29.7 Å². The van der Waals surface area contributed by atoms with Crippen LogP contribution in [0.15, 0.2) is 30.3 Å². The highest BCUT2D eigenvalue weighted by atomic mass is 16.4. The molecular weight excluding hydrogens is 376 g/mol. The first-order valence-corrected chi connectivity index (χ1v) is 10.0. The molecule has 0 saturated heterocycles. The van der Waals surface area contributed by atoms with E-state index >= 15 is 0 Å². The summed E-state index contributed by atoms with van der Waals surface area (Å²) >= 11 is 0. The van der Waals surface area contributed by atoms with Gasteiger partial charge in [-0.2, -0.15) is 0 Å². The maximum Gasteiger partial charge on any atom is 0.320 e. The standard InChI is InChI=1S/C13H17NO4.C8H15NO2/c15-12(16)8-9-14-11(13(17)18)7-6-10-4-2-1-3-5-10;9-7(8(10)11)6-4-2-1-3-5-6/h1-5,11,14H,6-9H2,(H,15,16)(H,17,18);6-7H,1-5,9H2,(H,10,11)/t11-;7-/m10/s1. The van der Waals surface area contributed by atoms with Gasteiger partial charge in [0.2, 0.25) is 0 Å². The number of aliphatic carboxylic acids is 3. The molecule has 1 aromatic rings. The number of carbonyl (C=O) groups is 3. The van der Waals surface area contributed by atoms with Gasteiger partial charge in [-0.1, -0.05) is 49.6 Å². The Morgan fingerprint density at radius 1 is 1.00 bits per heavy atom. The maximum atomic E-state index is 11.0. The smallest absolute Gasteiger partial charge is 0.320 e. The SMILES string of the molecule is N[C@H](C(=O)O)C1CCCCC1.O=C(O)CCN[C@H](CCc1ccccc1)C(=O)O. The van der Waals surface area contributed by atoms with Gasteiger partial charge < -0.3 is 26.4 Å². The number of hydrogen-bond acceptors (Lipinski definition) is 5. The topological polar surface area (TPSA) is 150 Å². The number of rotatable bonds is 10. The van der Waals surface area contributed by atoms with Crippen molar-refractivity contribution in [3.63, 3.8) is 0 Å². The minimum atomic E-state index is -0.948. The second kappa shape index (κ2) is 13.7. The molecule has 1 aliphatic rings. The first-order valence-electron chi connectivity index (χ1n) is 10.0. The van der Waals surface area contributed by atoms with Gasteiger partial charge in [-0.25, -0.2) is 0 Å². The summed E-state index contributed by atoms with van der Waals surface area (Å²) in [6, 6.07) is 8.27. The molecular formula is C21H32N2O6. The molecule has 2 atom stereocenters. The van der Waals surface area contributed by atoms with E-state index in [1.54, 1.807) is 0 Å². The third-order valence-electron chi connectivity index (χ3n) is 5.04. The van der Waals surface area contributed by atoms with E-state index in [-0.39, 0.29) is 18.9 Å². The Kier molecular flexibility index (Phi) is 11.6. The van der Waals surface area contributed by atoms with Crippen LogP contribution in [0.3, 0.4) is 0 Å². The number of carboxylic acids is 3. The lowest BCUT2D eigenvalue weighted by molar-refractivity contribution is -0.141. The monoisotopic (exact) mass is 408 g/mol. The van der Waals surface area contributed by atoms with Crippen LogP contribution in [-0.4, -0.2) is 51.9 Å². The van der Waals surface area contributed by atoms with Crippen LogP contribution in [0.5, 0.6) is 0 Å². The number of benzene rings is 1. The summed E-state index contributed by atoms with van der Waals surface area (Å²) in [6.07, 6.45) is 6.53. The predicted octanol–water partition coefficient (Wildman–Crippen LogP) is 2.12. The van der Waals surface area contributed by atoms with Crippen molar-refractivity contribution in [2.24, 2.45) is 11.7 Å². The summed E-state index contributed by atoms with van der Waals surface area (Å²) in [7, 11) is 0.